The summed E-state index contributed by atoms with van der Waals surface area (Å²) in [5.41, 5.74) is 1.81. The van der Waals surface area contributed by atoms with Crippen molar-refractivity contribution in [3.05, 3.63) is 46.9 Å². The largest absolute Gasteiger partial charge is 0.463 e. The Bertz CT molecular complexity index is 775. The van der Waals surface area contributed by atoms with Crippen LogP contribution in [0.3, 0.4) is 0 Å². The van der Waals surface area contributed by atoms with E-state index in [9.17, 15) is 14.0 Å². The van der Waals surface area contributed by atoms with Gasteiger partial charge in [0.15, 0.2) is 0 Å². The summed E-state index contributed by atoms with van der Waals surface area (Å²) < 4.78 is 19.1. The number of nitrogens with one attached hydrogen (secondary N) is 2. The molecule has 7 nitrogen and oxygen atoms in total. The number of esters is 1. The van der Waals surface area contributed by atoms with Crippen LogP contribution in [0.1, 0.15) is 25.8 Å². The molecule has 2 heterocycles. The summed E-state index contributed by atoms with van der Waals surface area (Å²) in [4.78, 5) is 28.9. The molecule has 158 valence electrons. The van der Waals surface area contributed by atoms with E-state index in [1.54, 1.807) is 13.0 Å². The molecule has 2 aliphatic rings. The highest BCUT2D eigenvalue weighted by Crippen LogP contribution is 2.19. The number of ether oxygens (including phenoxy) is 1. The Kier molecular flexibility index (Phi) is 7.22. The predicted octanol–water partition coefficient (Wildman–Crippen LogP) is 1.85. The fourth-order valence-corrected chi connectivity index (χ4v) is 3.78. The molecule has 1 atom stereocenters. The Labute approximate surface area is 170 Å². The summed E-state index contributed by atoms with van der Waals surface area (Å²) in [6.45, 7) is 8.16. The highest BCUT2D eigenvalue weighted by Gasteiger charge is 2.32. The van der Waals surface area contributed by atoms with Gasteiger partial charge in [0.1, 0.15) is 5.82 Å². The van der Waals surface area contributed by atoms with E-state index < -0.39 is 0 Å². The third kappa shape index (κ3) is 5.33. The van der Waals surface area contributed by atoms with Crippen molar-refractivity contribution in [2.24, 2.45) is 0 Å². The van der Waals surface area contributed by atoms with Crippen molar-refractivity contribution in [3.8, 4) is 0 Å². The zero-order valence-electron chi connectivity index (χ0n) is 17.0. The maximum atomic E-state index is 13.9. The van der Waals surface area contributed by atoms with Gasteiger partial charge in [-0.3, -0.25) is 9.80 Å². The van der Waals surface area contributed by atoms with Crippen LogP contribution in [0.5, 0.6) is 0 Å². The molecule has 8 heteroatoms. The van der Waals surface area contributed by atoms with E-state index in [1.165, 1.54) is 6.07 Å². The zero-order chi connectivity index (χ0) is 20.8. The number of hydrogen-bond acceptors (Lipinski definition) is 5. The van der Waals surface area contributed by atoms with Gasteiger partial charge in [-0.05, 0) is 19.4 Å². The van der Waals surface area contributed by atoms with Gasteiger partial charge in [0, 0.05) is 50.5 Å². The topological polar surface area (TPSA) is 73.9 Å². The highest BCUT2D eigenvalue weighted by molar-refractivity contribution is 5.94. The molecule has 3 rings (SSSR count). The van der Waals surface area contributed by atoms with Gasteiger partial charge in [-0.2, -0.15) is 0 Å². The summed E-state index contributed by atoms with van der Waals surface area (Å²) in [6.07, 6.45) is 0.613. The number of amides is 2. The van der Waals surface area contributed by atoms with Crippen molar-refractivity contribution in [2.75, 3.05) is 39.3 Å². The lowest BCUT2D eigenvalue weighted by Gasteiger charge is -2.37. The number of urea groups is 1. The molecule has 1 fully saturated rings. The second-order valence-corrected chi connectivity index (χ2v) is 7.32. The van der Waals surface area contributed by atoms with Crippen LogP contribution in [0.25, 0.3) is 0 Å². The Morgan fingerprint density at radius 1 is 1.14 bits per heavy atom. The Balaban J connectivity index is 1.64. The maximum absolute atomic E-state index is 13.9. The zero-order valence-corrected chi connectivity index (χ0v) is 17.0. The average Bonchev–Trinajstić information content (AvgIpc) is 2.70. The molecule has 1 aromatic rings. The monoisotopic (exact) mass is 404 g/mol. The van der Waals surface area contributed by atoms with E-state index in [1.807, 2.05) is 19.1 Å². The third-order valence-electron chi connectivity index (χ3n) is 5.35. The molecule has 0 saturated carbocycles. The number of benzene rings is 1. The van der Waals surface area contributed by atoms with Crippen LogP contribution in [0.2, 0.25) is 0 Å². The quantitative estimate of drug-likeness (QED) is 0.679. The van der Waals surface area contributed by atoms with E-state index in [0.29, 0.717) is 36.3 Å². The summed E-state index contributed by atoms with van der Waals surface area (Å²) in [7, 11) is 0. The molecule has 0 bridgehead atoms. The summed E-state index contributed by atoms with van der Waals surface area (Å²) >= 11 is 0. The Hall–Kier alpha value is -2.45. The molecule has 0 aliphatic carbocycles. The van der Waals surface area contributed by atoms with Crippen molar-refractivity contribution >= 4 is 12.0 Å². The molecule has 2 N–H and O–H groups in total. The summed E-state index contributed by atoms with van der Waals surface area (Å²) in [5, 5.41) is 5.59. The SMILES string of the molecule is CCOC(=O)C1=C(CN2CCN(Cc3ccccc3F)CC2)NC(=O)N[C@@H]1CC. The van der Waals surface area contributed by atoms with E-state index in [0.717, 1.165) is 26.2 Å². The van der Waals surface area contributed by atoms with E-state index in [-0.39, 0.29) is 30.5 Å². The normalized spacial score (nSPS) is 20.9. The minimum Gasteiger partial charge on any atom is -0.463 e. The molecule has 2 amide bonds. The molecular weight excluding hydrogens is 375 g/mol. The van der Waals surface area contributed by atoms with Crippen molar-refractivity contribution in [1.29, 1.82) is 0 Å². The molecule has 1 aromatic carbocycles. The molecule has 1 saturated heterocycles. The number of nitrogens with zero attached hydrogens (tertiary/aromatic N) is 2. The van der Waals surface area contributed by atoms with Crippen LogP contribution in [0.4, 0.5) is 9.18 Å². The molecule has 0 aromatic heterocycles. The molecule has 0 spiro atoms. The van der Waals surface area contributed by atoms with Crippen molar-refractivity contribution in [1.82, 2.24) is 20.4 Å². The lowest BCUT2D eigenvalue weighted by atomic mass is 10.00. The Morgan fingerprint density at radius 2 is 1.79 bits per heavy atom. The first-order chi connectivity index (χ1) is 14.0. The highest BCUT2D eigenvalue weighted by atomic mass is 19.1. The van der Waals surface area contributed by atoms with Crippen LogP contribution in [-0.2, 0) is 16.1 Å². The fourth-order valence-electron chi connectivity index (χ4n) is 3.78. The van der Waals surface area contributed by atoms with Gasteiger partial charge < -0.3 is 15.4 Å². The van der Waals surface area contributed by atoms with E-state index in [4.69, 9.17) is 4.74 Å². The predicted molar refractivity (Wildman–Crippen MR) is 108 cm³/mol. The van der Waals surface area contributed by atoms with Gasteiger partial charge in [-0.15, -0.1) is 0 Å². The standard InChI is InChI=1S/C21H29FN4O3/c1-3-17-19(20(27)29-4-2)18(24-21(28)23-17)14-26-11-9-25(10-12-26)13-15-7-5-6-8-16(15)22/h5-8,17H,3-4,9-14H2,1-2H3,(H2,23,24,28)/t17-/m1/s1. The first-order valence-corrected chi connectivity index (χ1v) is 10.2. The van der Waals surface area contributed by atoms with Gasteiger partial charge in [0.05, 0.1) is 18.2 Å². The van der Waals surface area contributed by atoms with E-state index in [2.05, 4.69) is 20.4 Å². The van der Waals surface area contributed by atoms with E-state index >= 15 is 0 Å². The second-order valence-electron chi connectivity index (χ2n) is 7.32. The number of carbonyl (C=O) groups is 2. The fraction of sp³-hybridized carbons (Fsp3) is 0.524. The number of hydrogen-bond donors (Lipinski definition) is 2. The first-order valence-electron chi connectivity index (χ1n) is 10.2. The van der Waals surface area contributed by atoms with Crippen molar-refractivity contribution in [3.63, 3.8) is 0 Å². The van der Waals surface area contributed by atoms with Crippen LogP contribution in [0, 0.1) is 5.82 Å². The minimum absolute atomic E-state index is 0.179. The number of piperazine rings is 1. The number of halogens is 1. The van der Waals surface area contributed by atoms with Gasteiger partial charge >= 0.3 is 12.0 Å². The van der Waals surface area contributed by atoms with Crippen molar-refractivity contribution < 1.29 is 18.7 Å². The van der Waals surface area contributed by atoms with Crippen LogP contribution >= 0.6 is 0 Å². The molecule has 0 unspecified atom stereocenters. The average molecular weight is 404 g/mol. The third-order valence-corrected chi connectivity index (χ3v) is 5.35. The molecule has 29 heavy (non-hydrogen) atoms. The Morgan fingerprint density at radius 3 is 2.41 bits per heavy atom. The molecular formula is C21H29FN4O3. The minimum atomic E-state index is -0.389. The summed E-state index contributed by atoms with van der Waals surface area (Å²) in [6, 6.07) is 6.20. The van der Waals surface area contributed by atoms with Gasteiger partial charge in [-0.25, -0.2) is 14.0 Å². The van der Waals surface area contributed by atoms with Gasteiger partial charge in [-0.1, -0.05) is 25.1 Å². The van der Waals surface area contributed by atoms with Crippen LogP contribution < -0.4 is 10.6 Å². The van der Waals surface area contributed by atoms with Crippen molar-refractivity contribution in [2.45, 2.75) is 32.9 Å². The number of rotatable bonds is 7. The van der Waals surface area contributed by atoms with Gasteiger partial charge in [0.2, 0.25) is 0 Å². The molecule has 0 radical (unpaired) electrons. The smallest absolute Gasteiger partial charge is 0.337 e. The molecule has 2 aliphatic heterocycles. The second kappa shape index (κ2) is 9.84. The lowest BCUT2D eigenvalue weighted by molar-refractivity contribution is -0.139. The number of carbonyl (C=O) groups excluding carboxylic acids is 2. The van der Waals surface area contributed by atoms with Crippen LogP contribution in [0.15, 0.2) is 35.5 Å². The summed E-state index contributed by atoms with van der Waals surface area (Å²) in [5.74, 6) is -0.567. The first kappa shape index (κ1) is 21.3. The lowest BCUT2D eigenvalue weighted by Crippen LogP contribution is -2.53. The maximum Gasteiger partial charge on any atom is 0.337 e. The van der Waals surface area contributed by atoms with Gasteiger partial charge in [0.25, 0.3) is 0 Å². The van der Waals surface area contributed by atoms with Crippen LogP contribution in [-0.4, -0.2) is 67.2 Å².